The third-order valence-corrected chi connectivity index (χ3v) is 3.78. The van der Waals surface area contributed by atoms with Gasteiger partial charge in [0.1, 0.15) is 5.75 Å². The third-order valence-electron chi connectivity index (χ3n) is 2.94. The summed E-state index contributed by atoms with van der Waals surface area (Å²) in [5, 5.41) is 3.04. The number of rotatable bonds is 5. The summed E-state index contributed by atoms with van der Waals surface area (Å²) in [6, 6.07) is 7.10. The Balaban J connectivity index is 1.87. The molecular weight excluding hydrogens is 314 g/mol. The Bertz CT molecular complexity index is 693. The molecule has 1 aliphatic rings. The predicted molar refractivity (Wildman–Crippen MR) is 93.4 cm³/mol. The first-order chi connectivity index (χ1) is 11.0. The fourth-order valence-corrected chi connectivity index (χ4v) is 2.42. The van der Waals surface area contributed by atoms with Crippen LogP contribution in [-0.2, 0) is 9.59 Å². The minimum atomic E-state index is -0.410. The first-order valence-corrected chi connectivity index (χ1v) is 8.01. The number of carbonyl (C=O) groups is 2. The number of aliphatic imine (C=N–C) groups is 2. The normalized spacial score (nSPS) is 14.2. The van der Waals surface area contributed by atoms with Crippen molar-refractivity contribution in [2.75, 3.05) is 17.7 Å². The van der Waals surface area contributed by atoms with E-state index in [1.807, 2.05) is 6.92 Å². The molecule has 1 aromatic carbocycles. The van der Waals surface area contributed by atoms with Crippen molar-refractivity contribution in [3.63, 3.8) is 0 Å². The largest absolute Gasteiger partial charge is 0.494 e. The molecule has 0 bridgehead atoms. The number of benzene rings is 1. The van der Waals surface area contributed by atoms with E-state index in [9.17, 15) is 9.59 Å². The maximum absolute atomic E-state index is 11.9. The first-order valence-electron chi connectivity index (χ1n) is 7.02. The molecule has 23 heavy (non-hydrogen) atoms. The van der Waals surface area contributed by atoms with E-state index < -0.39 is 5.91 Å². The maximum Gasteiger partial charge on any atom is 0.280 e. The van der Waals surface area contributed by atoms with Gasteiger partial charge in [0, 0.05) is 5.69 Å². The zero-order valence-corrected chi connectivity index (χ0v) is 13.8. The number of hydrogen-bond acceptors (Lipinski definition) is 5. The van der Waals surface area contributed by atoms with E-state index in [-0.39, 0.29) is 22.4 Å². The molecule has 2 amide bonds. The van der Waals surface area contributed by atoms with Crippen molar-refractivity contribution >= 4 is 40.1 Å². The lowest BCUT2D eigenvalue weighted by Gasteiger charge is -2.10. The van der Waals surface area contributed by atoms with Crippen LogP contribution < -0.4 is 10.1 Å². The average molecular weight is 331 g/mol. The minimum absolute atomic E-state index is 0.114. The van der Waals surface area contributed by atoms with Crippen LogP contribution in [0.1, 0.15) is 13.8 Å². The van der Waals surface area contributed by atoms with Crippen molar-refractivity contribution in [1.82, 2.24) is 0 Å². The molecule has 0 radical (unpaired) electrons. The highest BCUT2D eigenvalue weighted by atomic mass is 32.2. The van der Waals surface area contributed by atoms with Gasteiger partial charge in [0.2, 0.25) is 5.91 Å². The summed E-state index contributed by atoms with van der Waals surface area (Å²) in [6.07, 6.45) is 0. The molecule has 0 spiro atoms. The van der Waals surface area contributed by atoms with E-state index in [1.54, 1.807) is 31.2 Å². The molecule has 120 valence electrons. The lowest BCUT2D eigenvalue weighted by atomic mass is 10.2. The van der Waals surface area contributed by atoms with Crippen LogP contribution in [0.15, 0.2) is 46.4 Å². The van der Waals surface area contributed by atoms with Gasteiger partial charge in [-0.1, -0.05) is 18.3 Å². The third kappa shape index (κ3) is 4.79. The van der Waals surface area contributed by atoms with Crippen LogP contribution in [-0.4, -0.2) is 35.1 Å². The number of thioether (sulfide) groups is 1. The number of nitrogens with one attached hydrogen (secondary N) is 1. The molecule has 1 aromatic rings. The van der Waals surface area contributed by atoms with Crippen LogP contribution in [0.4, 0.5) is 5.69 Å². The Labute approximate surface area is 138 Å². The van der Waals surface area contributed by atoms with Gasteiger partial charge < -0.3 is 10.1 Å². The maximum atomic E-state index is 11.9. The summed E-state index contributed by atoms with van der Waals surface area (Å²) in [5.74, 6) is 0.251. The van der Waals surface area contributed by atoms with Crippen LogP contribution in [0, 0.1) is 0 Å². The number of carbonyl (C=O) groups excluding carboxylic acids is 2. The molecule has 0 saturated heterocycles. The molecule has 0 atom stereocenters. The summed E-state index contributed by atoms with van der Waals surface area (Å²) >= 11 is 1.11. The van der Waals surface area contributed by atoms with Gasteiger partial charge in [0.05, 0.1) is 23.6 Å². The van der Waals surface area contributed by atoms with Crippen LogP contribution in [0.5, 0.6) is 5.75 Å². The summed E-state index contributed by atoms with van der Waals surface area (Å²) < 4.78 is 5.34. The predicted octanol–water partition coefficient (Wildman–Crippen LogP) is 2.67. The Morgan fingerprint density at radius 1 is 1.30 bits per heavy atom. The van der Waals surface area contributed by atoms with Gasteiger partial charge >= 0.3 is 0 Å². The number of anilines is 1. The molecule has 0 unspecified atom stereocenters. The molecule has 0 aromatic heterocycles. The zero-order chi connectivity index (χ0) is 16.8. The van der Waals surface area contributed by atoms with Crippen LogP contribution in [0.3, 0.4) is 0 Å². The van der Waals surface area contributed by atoms with Crippen molar-refractivity contribution in [1.29, 1.82) is 0 Å². The summed E-state index contributed by atoms with van der Waals surface area (Å²) in [4.78, 5) is 31.4. The monoisotopic (exact) mass is 331 g/mol. The molecule has 7 heteroatoms. The van der Waals surface area contributed by atoms with Gasteiger partial charge in [-0.15, -0.1) is 0 Å². The molecule has 1 N–H and O–H groups in total. The number of hydrogen-bond donors (Lipinski definition) is 1. The minimum Gasteiger partial charge on any atom is -0.494 e. The van der Waals surface area contributed by atoms with Crippen molar-refractivity contribution in [3.05, 3.63) is 36.4 Å². The fourth-order valence-electron chi connectivity index (χ4n) is 1.74. The SMILES string of the molecule is C=C1C(=O)N=C(SCC(=O)Nc2ccc(OCC)cc2)N=C1C. The lowest BCUT2D eigenvalue weighted by Crippen LogP contribution is -2.18. The highest BCUT2D eigenvalue weighted by Crippen LogP contribution is 2.17. The molecule has 6 nitrogen and oxygen atoms in total. The molecule has 0 fully saturated rings. The molecule has 0 aliphatic carbocycles. The number of amidine groups is 1. The smallest absolute Gasteiger partial charge is 0.280 e. The highest BCUT2D eigenvalue weighted by Gasteiger charge is 2.17. The second-order valence-corrected chi connectivity index (χ2v) is 5.61. The van der Waals surface area contributed by atoms with Crippen molar-refractivity contribution in [2.45, 2.75) is 13.8 Å². The number of ether oxygens (including phenoxy) is 1. The standard InChI is InChI=1S/C16H17N3O3S/c1-4-22-13-7-5-12(6-8-13)18-14(20)9-23-16-17-11(3)10(2)15(21)19-16/h5-8H,2,4,9H2,1,3H3,(H,18,20). The molecule has 2 rings (SSSR count). The average Bonchev–Trinajstić information content (AvgIpc) is 2.52. The van der Waals surface area contributed by atoms with Gasteiger partial charge in [-0.2, -0.15) is 4.99 Å². The number of nitrogens with zero attached hydrogens (tertiary/aromatic N) is 2. The Kier molecular flexibility index (Phi) is 5.70. The second kappa shape index (κ2) is 7.73. The van der Waals surface area contributed by atoms with Gasteiger partial charge in [-0.3, -0.25) is 9.59 Å². The van der Waals surface area contributed by atoms with Crippen LogP contribution in [0.25, 0.3) is 0 Å². The topological polar surface area (TPSA) is 80.1 Å². The van der Waals surface area contributed by atoms with E-state index >= 15 is 0 Å². The van der Waals surface area contributed by atoms with Crippen LogP contribution >= 0.6 is 11.8 Å². The van der Waals surface area contributed by atoms with Gasteiger partial charge in [-0.05, 0) is 38.1 Å². The lowest BCUT2D eigenvalue weighted by molar-refractivity contribution is -0.114. The van der Waals surface area contributed by atoms with Gasteiger partial charge in [0.25, 0.3) is 5.91 Å². The molecular formula is C16H17N3O3S. The van der Waals surface area contributed by atoms with E-state index in [2.05, 4.69) is 21.9 Å². The summed E-state index contributed by atoms with van der Waals surface area (Å²) in [6.45, 7) is 7.79. The second-order valence-electron chi connectivity index (χ2n) is 4.67. The van der Waals surface area contributed by atoms with Crippen molar-refractivity contribution in [3.8, 4) is 5.75 Å². The summed E-state index contributed by atoms with van der Waals surface area (Å²) in [7, 11) is 0. The summed E-state index contributed by atoms with van der Waals surface area (Å²) in [5.41, 5.74) is 1.49. The van der Waals surface area contributed by atoms with E-state index in [4.69, 9.17) is 4.74 Å². The zero-order valence-electron chi connectivity index (χ0n) is 13.0. The molecule has 0 saturated carbocycles. The highest BCUT2D eigenvalue weighted by molar-refractivity contribution is 8.14. The Morgan fingerprint density at radius 3 is 2.61 bits per heavy atom. The van der Waals surface area contributed by atoms with Crippen LogP contribution in [0.2, 0.25) is 0 Å². The Hall–Kier alpha value is -2.41. The first kappa shape index (κ1) is 17.0. The quantitative estimate of drug-likeness (QED) is 0.841. The van der Waals surface area contributed by atoms with Crippen molar-refractivity contribution in [2.24, 2.45) is 9.98 Å². The number of amides is 2. The van der Waals surface area contributed by atoms with Gasteiger partial charge in [-0.25, -0.2) is 4.99 Å². The molecule has 1 heterocycles. The fraction of sp³-hybridized carbons (Fsp3) is 0.250. The van der Waals surface area contributed by atoms with E-state index in [0.29, 0.717) is 18.0 Å². The molecule has 1 aliphatic heterocycles. The van der Waals surface area contributed by atoms with Gasteiger partial charge in [0.15, 0.2) is 5.17 Å². The van der Waals surface area contributed by atoms with E-state index in [1.165, 1.54) is 0 Å². The van der Waals surface area contributed by atoms with Crippen molar-refractivity contribution < 1.29 is 14.3 Å². The Morgan fingerprint density at radius 2 is 2.00 bits per heavy atom. The van der Waals surface area contributed by atoms with E-state index in [0.717, 1.165) is 17.5 Å².